The van der Waals surface area contributed by atoms with Gasteiger partial charge in [-0.05, 0) is 75.7 Å². The molecular weight excluding hydrogens is 510 g/mol. The summed E-state index contributed by atoms with van der Waals surface area (Å²) in [5, 5.41) is 24.3. The van der Waals surface area contributed by atoms with Gasteiger partial charge < -0.3 is 29.9 Å². The number of hydrogen-bond acceptors (Lipinski definition) is 9. The van der Waals surface area contributed by atoms with Crippen LogP contribution in [0.25, 0.3) is 0 Å². The molecule has 2 aromatic rings. The topological polar surface area (TPSA) is 137 Å². The van der Waals surface area contributed by atoms with Crippen molar-refractivity contribution in [3.05, 3.63) is 48.0 Å². The van der Waals surface area contributed by atoms with E-state index in [1.54, 1.807) is 19.1 Å². The number of aliphatic hydroxyl groups excluding tert-OH is 1. The van der Waals surface area contributed by atoms with E-state index in [-0.39, 0.29) is 35.8 Å². The molecule has 1 saturated heterocycles. The van der Waals surface area contributed by atoms with Crippen LogP contribution in [0.3, 0.4) is 0 Å². The molecule has 10 nitrogen and oxygen atoms in total. The second-order valence-corrected chi connectivity index (χ2v) is 11.2. The van der Waals surface area contributed by atoms with Crippen LogP contribution in [0.15, 0.2) is 42.5 Å². The van der Waals surface area contributed by atoms with E-state index in [1.807, 2.05) is 19.1 Å². The molecule has 0 unspecified atom stereocenters. The highest BCUT2D eigenvalue weighted by Crippen LogP contribution is 2.29. The van der Waals surface area contributed by atoms with Gasteiger partial charge in [-0.3, -0.25) is 4.72 Å². The molecule has 1 atom stereocenters. The van der Waals surface area contributed by atoms with Crippen LogP contribution in [0, 0.1) is 0 Å². The van der Waals surface area contributed by atoms with E-state index in [9.17, 15) is 23.4 Å². The van der Waals surface area contributed by atoms with E-state index in [2.05, 4.69) is 14.9 Å². The fraction of sp³-hybridized carbons (Fsp3) is 0.519. The molecule has 2 aromatic carbocycles. The summed E-state index contributed by atoms with van der Waals surface area (Å²) in [4.78, 5) is 14.2. The number of phenolic OH excluding ortho intramolecular Hbond substituents is 1. The van der Waals surface area contributed by atoms with Crippen LogP contribution in [0.4, 0.5) is 11.4 Å². The van der Waals surface area contributed by atoms with Gasteiger partial charge in [0.05, 0.1) is 23.6 Å². The molecule has 0 aliphatic carbocycles. The highest BCUT2D eigenvalue weighted by atomic mass is 32.2. The molecular formula is C27H39N3O7S. The number of aliphatic hydroxyl groups is 1. The molecule has 1 aliphatic heterocycles. The van der Waals surface area contributed by atoms with Crippen molar-refractivity contribution in [1.82, 2.24) is 5.32 Å². The van der Waals surface area contributed by atoms with Crippen molar-refractivity contribution in [3.63, 3.8) is 0 Å². The quantitative estimate of drug-likeness (QED) is 0.207. The Morgan fingerprint density at radius 1 is 1.16 bits per heavy atom. The molecule has 1 aliphatic rings. The molecule has 0 amide bonds. The van der Waals surface area contributed by atoms with Crippen molar-refractivity contribution in [3.8, 4) is 11.5 Å². The fourth-order valence-corrected chi connectivity index (χ4v) is 5.57. The first-order chi connectivity index (χ1) is 18.2. The minimum atomic E-state index is -3.59. The predicted molar refractivity (Wildman–Crippen MR) is 148 cm³/mol. The number of aromatic hydroxyl groups is 1. The second-order valence-electron chi connectivity index (χ2n) is 9.32. The number of phenols is 1. The van der Waals surface area contributed by atoms with Crippen LogP contribution >= 0.6 is 0 Å². The third kappa shape index (κ3) is 8.78. The summed E-state index contributed by atoms with van der Waals surface area (Å²) < 4.78 is 37.7. The summed E-state index contributed by atoms with van der Waals surface area (Å²) in [6, 6.07) is 11.7. The number of esters is 1. The van der Waals surface area contributed by atoms with Crippen LogP contribution in [0.5, 0.6) is 11.5 Å². The number of ether oxygens (including phenoxy) is 2. The Labute approximate surface area is 225 Å². The van der Waals surface area contributed by atoms with E-state index in [0.29, 0.717) is 30.9 Å². The van der Waals surface area contributed by atoms with Crippen molar-refractivity contribution in [2.75, 3.05) is 48.2 Å². The Morgan fingerprint density at radius 2 is 1.87 bits per heavy atom. The molecule has 0 spiro atoms. The number of unbranched alkanes of at least 4 members (excludes halogenated alkanes) is 1. The lowest BCUT2D eigenvalue weighted by atomic mass is 10.0. The van der Waals surface area contributed by atoms with E-state index in [4.69, 9.17) is 9.47 Å². The van der Waals surface area contributed by atoms with Crippen LogP contribution in [0.2, 0.25) is 0 Å². The van der Waals surface area contributed by atoms with Gasteiger partial charge in [-0.15, -0.1) is 0 Å². The lowest BCUT2D eigenvalue weighted by molar-refractivity contribution is 0.0526. The van der Waals surface area contributed by atoms with Crippen molar-refractivity contribution < 1.29 is 32.9 Å². The predicted octanol–water partition coefficient (Wildman–Crippen LogP) is 3.11. The van der Waals surface area contributed by atoms with Crippen molar-refractivity contribution in [1.29, 1.82) is 0 Å². The Morgan fingerprint density at radius 3 is 2.53 bits per heavy atom. The molecule has 1 fully saturated rings. The van der Waals surface area contributed by atoms with Gasteiger partial charge in [0.1, 0.15) is 24.2 Å². The maximum atomic E-state index is 12.2. The first kappa shape index (κ1) is 29.5. The standard InChI is InChI=1S/C27H39N3O7S/c1-3-5-16-38(34,35)29-25-17-24(10-11-26(25)32)37-19-23(31)18-30(22-12-14-28-15-13-22)21-8-6-20(7-9-21)27(33)36-4-2/h6-11,17,22-23,28-29,31-32H,3-5,12-16,18-19H2,1-2H3/t23-/m0/s1. The van der Waals surface area contributed by atoms with Crippen LogP contribution in [0.1, 0.15) is 49.9 Å². The number of hydrogen-bond donors (Lipinski definition) is 4. The second kappa shape index (κ2) is 14.2. The van der Waals surface area contributed by atoms with Crippen LogP contribution in [-0.2, 0) is 14.8 Å². The summed E-state index contributed by atoms with van der Waals surface area (Å²) in [6.07, 6.45) is 2.21. The Hall–Kier alpha value is -3.02. The van der Waals surface area contributed by atoms with Gasteiger partial charge in [-0.25, -0.2) is 13.2 Å². The smallest absolute Gasteiger partial charge is 0.338 e. The number of anilines is 2. The summed E-state index contributed by atoms with van der Waals surface area (Å²) in [6.45, 7) is 5.99. The van der Waals surface area contributed by atoms with E-state index >= 15 is 0 Å². The molecule has 0 saturated carbocycles. The number of nitrogens with zero attached hydrogens (tertiary/aromatic N) is 1. The molecule has 4 N–H and O–H groups in total. The lowest BCUT2D eigenvalue weighted by Crippen LogP contribution is -2.47. The number of benzene rings is 2. The SMILES string of the molecule is CCCCS(=O)(=O)Nc1cc(OC[C@@H](O)CN(c2ccc(C(=O)OCC)cc2)C2CCNCC2)ccc1O. The van der Waals surface area contributed by atoms with Crippen LogP contribution < -0.4 is 19.7 Å². The number of piperidine rings is 1. The lowest BCUT2D eigenvalue weighted by Gasteiger charge is -2.37. The number of nitrogens with one attached hydrogen (secondary N) is 2. The average molecular weight is 550 g/mol. The zero-order chi connectivity index (χ0) is 27.5. The third-order valence-electron chi connectivity index (χ3n) is 6.31. The zero-order valence-electron chi connectivity index (χ0n) is 22.1. The average Bonchev–Trinajstić information content (AvgIpc) is 2.91. The molecule has 0 aromatic heterocycles. The Balaban J connectivity index is 1.67. The van der Waals surface area contributed by atoms with Gasteiger partial charge >= 0.3 is 5.97 Å². The van der Waals surface area contributed by atoms with Crippen molar-refractivity contribution in [2.24, 2.45) is 0 Å². The first-order valence-electron chi connectivity index (χ1n) is 13.1. The van der Waals surface area contributed by atoms with E-state index < -0.39 is 16.1 Å². The number of carbonyl (C=O) groups excluding carboxylic acids is 1. The molecule has 11 heteroatoms. The molecule has 1 heterocycles. The monoisotopic (exact) mass is 549 g/mol. The summed E-state index contributed by atoms with van der Waals surface area (Å²) in [7, 11) is -3.59. The van der Waals surface area contributed by atoms with Crippen LogP contribution in [-0.4, -0.2) is 75.3 Å². The fourth-order valence-electron chi connectivity index (χ4n) is 4.30. The number of sulfonamides is 1. The van der Waals surface area contributed by atoms with Gasteiger partial charge in [0.2, 0.25) is 10.0 Å². The van der Waals surface area contributed by atoms with Gasteiger partial charge in [0, 0.05) is 24.3 Å². The minimum Gasteiger partial charge on any atom is -0.506 e. The summed E-state index contributed by atoms with van der Waals surface area (Å²) >= 11 is 0. The van der Waals surface area contributed by atoms with Crippen molar-refractivity contribution >= 4 is 27.4 Å². The van der Waals surface area contributed by atoms with E-state index in [1.165, 1.54) is 18.2 Å². The largest absolute Gasteiger partial charge is 0.506 e. The Kier molecular flexibility index (Phi) is 11.1. The molecule has 0 radical (unpaired) electrons. The number of carbonyl (C=O) groups is 1. The number of rotatable bonds is 14. The van der Waals surface area contributed by atoms with Gasteiger partial charge in [-0.2, -0.15) is 0 Å². The third-order valence-corrected chi connectivity index (χ3v) is 7.67. The summed E-state index contributed by atoms with van der Waals surface area (Å²) in [5.74, 6) is -0.301. The molecule has 210 valence electrons. The van der Waals surface area contributed by atoms with Gasteiger partial charge in [0.25, 0.3) is 0 Å². The van der Waals surface area contributed by atoms with Gasteiger partial charge in [-0.1, -0.05) is 13.3 Å². The maximum absolute atomic E-state index is 12.2. The first-order valence-corrected chi connectivity index (χ1v) is 14.8. The Bertz CT molecular complexity index is 1140. The minimum absolute atomic E-state index is 0.0326. The van der Waals surface area contributed by atoms with E-state index in [0.717, 1.165) is 38.0 Å². The van der Waals surface area contributed by atoms with Crippen molar-refractivity contribution in [2.45, 2.75) is 51.7 Å². The maximum Gasteiger partial charge on any atom is 0.338 e. The normalized spacial score (nSPS) is 15.0. The molecule has 3 rings (SSSR count). The molecule has 0 bridgehead atoms. The zero-order valence-corrected chi connectivity index (χ0v) is 22.9. The highest BCUT2D eigenvalue weighted by molar-refractivity contribution is 7.92. The van der Waals surface area contributed by atoms with Gasteiger partial charge in [0.15, 0.2) is 0 Å². The summed E-state index contributed by atoms with van der Waals surface area (Å²) in [5.41, 5.74) is 1.39. The highest BCUT2D eigenvalue weighted by Gasteiger charge is 2.24. The molecule has 38 heavy (non-hydrogen) atoms.